The van der Waals surface area contributed by atoms with Gasteiger partial charge in [0.05, 0.1) is 12.2 Å². The van der Waals surface area contributed by atoms with Crippen molar-refractivity contribution >= 4 is 28.6 Å². The number of aryl methyl sites for hydroxylation is 2. The zero-order chi connectivity index (χ0) is 17.9. The molecule has 2 N–H and O–H groups in total. The highest BCUT2D eigenvalue weighted by Crippen LogP contribution is 2.33. The van der Waals surface area contributed by atoms with Gasteiger partial charge in [-0.25, -0.2) is 0 Å². The van der Waals surface area contributed by atoms with Crippen molar-refractivity contribution in [2.24, 2.45) is 0 Å². The lowest BCUT2D eigenvalue weighted by atomic mass is 9.94. The summed E-state index contributed by atoms with van der Waals surface area (Å²) < 4.78 is 5.12. The molecule has 5 nitrogen and oxygen atoms in total. The highest BCUT2D eigenvalue weighted by atomic mass is 32.1. The lowest BCUT2D eigenvalue weighted by Crippen LogP contribution is -2.41. The molecule has 0 bridgehead atoms. The van der Waals surface area contributed by atoms with E-state index in [2.05, 4.69) is 10.5 Å². The van der Waals surface area contributed by atoms with Crippen molar-refractivity contribution in [3.05, 3.63) is 61.8 Å². The molecule has 0 aliphatic heterocycles. The Morgan fingerprint density at radius 3 is 2.80 bits per heavy atom. The fourth-order valence-electron chi connectivity index (χ4n) is 2.76. The number of hydrogen-bond acceptors (Lipinski definition) is 6. The van der Waals surface area contributed by atoms with Gasteiger partial charge in [-0.2, -0.15) is 11.3 Å². The van der Waals surface area contributed by atoms with Crippen LogP contribution in [0.25, 0.3) is 0 Å². The van der Waals surface area contributed by atoms with Gasteiger partial charge in [0.15, 0.2) is 0 Å². The average Bonchev–Trinajstić information content (AvgIpc) is 3.35. The van der Waals surface area contributed by atoms with Crippen molar-refractivity contribution in [1.29, 1.82) is 0 Å². The molecule has 0 saturated heterocycles. The molecule has 0 radical (unpaired) electrons. The van der Waals surface area contributed by atoms with E-state index in [1.165, 1.54) is 22.7 Å². The summed E-state index contributed by atoms with van der Waals surface area (Å²) >= 11 is 3.00. The summed E-state index contributed by atoms with van der Waals surface area (Å²) in [5.41, 5.74) is 1.39. The first-order valence-electron chi connectivity index (χ1n) is 7.98. The molecule has 1 atom stereocenters. The van der Waals surface area contributed by atoms with Crippen LogP contribution < -0.4 is 5.32 Å². The number of carbonyl (C=O) groups is 1. The molecule has 1 unspecified atom stereocenters. The molecule has 1 amide bonds. The van der Waals surface area contributed by atoms with E-state index < -0.39 is 5.60 Å². The normalized spacial score (nSPS) is 13.6. The molecule has 0 spiro atoms. The van der Waals surface area contributed by atoms with Crippen LogP contribution in [-0.2, 0) is 16.8 Å². The highest BCUT2D eigenvalue weighted by Gasteiger charge is 2.33. The topological polar surface area (TPSA) is 75.4 Å². The molecular formula is C18H20N2O3S2. The van der Waals surface area contributed by atoms with Gasteiger partial charge in [0.2, 0.25) is 5.91 Å². The third-order valence-electron chi connectivity index (χ3n) is 4.25. The summed E-state index contributed by atoms with van der Waals surface area (Å²) in [5, 5.41) is 23.7. The predicted octanol–water partition coefficient (Wildman–Crippen LogP) is 3.40. The van der Waals surface area contributed by atoms with E-state index in [0.29, 0.717) is 12.8 Å². The standard InChI is InChI=1S/C18H20N2O3S2/c1-12-15(13(2)23-20-12)5-6-17(21)19-11-18(22,14-7-9-24-10-14)16-4-3-8-25-16/h3-4,7-10,22H,5-6,11H2,1-2H3,(H,19,21). The zero-order valence-corrected chi connectivity index (χ0v) is 15.7. The Bertz CT molecular complexity index is 769. The van der Waals surface area contributed by atoms with E-state index in [0.717, 1.165) is 27.5 Å². The van der Waals surface area contributed by atoms with Crippen molar-refractivity contribution in [3.63, 3.8) is 0 Å². The van der Waals surface area contributed by atoms with Gasteiger partial charge < -0.3 is 14.9 Å². The Balaban J connectivity index is 1.65. The highest BCUT2D eigenvalue weighted by molar-refractivity contribution is 7.10. The summed E-state index contributed by atoms with van der Waals surface area (Å²) in [6.07, 6.45) is 0.899. The number of carbonyl (C=O) groups excluding carboxylic acids is 1. The van der Waals surface area contributed by atoms with Crippen LogP contribution >= 0.6 is 22.7 Å². The van der Waals surface area contributed by atoms with Crippen LogP contribution in [0, 0.1) is 13.8 Å². The maximum absolute atomic E-state index is 12.3. The van der Waals surface area contributed by atoms with Gasteiger partial charge in [-0.1, -0.05) is 11.2 Å². The zero-order valence-electron chi connectivity index (χ0n) is 14.1. The second-order valence-electron chi connectivity index (χ2n) is 5.93. The lowest BCUT2D eigenvalue weighted by molar-refractivity contribution is -0.122. The summed E-state index contributed by atoms with van der Waals surface area (Å²) in [6.45, 7) is 3.86. The Hall–Kier alpha value is -1.96. The number of rotatable bonds is 7. The first-order valence-corrected chi connectivity index (χ1v) is 9.80. The number of nitrogens with one attached hydrogen (secondary N) is 1. The summed E-state index contributed by atoms with van der Waals surface area (Å²) in [5.74, 6) is 0.642. The molecule has 3 heterocycles. The van der Waals surface area contributed by atoms with E-state index in [1.807, 2.05) is 48.2 Å². The maximum Gasteiger partial charge on any atom is 0.220 e. The summed E-state index contributed by atoms with van der Waals surface area (Å²) in [4.78, 5) is 13.1. The van der Waals surface area contributed by atoms with Gasteiger partial charge in [0, 0.05) is 22.4 Å². The van der Waals surface area contributed by atoms with Gasteiger partial charge in [0.25, 0.3) is 0 Å². The van der Waals surface area contributed by atoms with E-state index >= 15 is 0 Å². The Morgan fingerprint density at radius 1 is 1.36 bits per heavy atom. The molecule has 132 valence electrons. The Labute approximate surface area is 154 Å². The number of nitrogens with zero attached hydrogens (tertiary/aromatic N) is 1. The van der Waals surface area contributed by atoms with Crippen molar-refractivity contribution in [2.45, 2.75) is 32.3 Å². The number of aromatic nitrogens is 1. The van der Waals surface area contributed by atoms with Crippen LogP contribution in [0.15, 0.2) is 38.9 Å². The Kier molecular flexibility index (Phi) is 5.36. The SMILES string of the molecule is Cc1noc(C)c1CCC(=O)NCC(O)(c1ccsc1)c1cccs1. The third-order valence-corrected chi connectivity index (χ3v) is 5.96. The van der Waals surface area contributed by atoms with Crippen molar-refractivity contribution < 1.29 is 14.4 Å². The van der Waals surface area contributed by atoms with Crippen LogP contribution in [0.1, 0.15) is 33.9 Å². The minimum absolute atomic E-state index is 0.106. The first kappa shape index (κ1) is 17.8. The average molecular weight is 377 g/mol. The second kappa shape index (κ2) is 7.51. The Morgan fingerprint density at radius 2 is 2.20 bits per heavy atom. The van der Waals surface area contributed by atoms with E-state index in [-0.39, 0.29) is 12.5 Å². The van der Waals surface area contributed by atoms with Gasteiger partial charge in [-0.3, -0.25) is 4.79 Å². The molecule has 7 heteroatoms. The maximum atomic E-state index is 12.3. The quantitative estimate of drug-likeness (QED) is 0.663. The fourth-order valence-corrected chi connectivity index (χ4v) is 4.33. The minimum Gasteiger partial charge on any atom is -0.378 e. The van der Waals surface area contributed by atoms with E-state index in [4.69, 9.17) is 4.52 Å². The molecular weight excluding hydrogens is 356 g/mol. The van der Waals surface area contributed by atoms with Crippen molar-refractivity contribution in [1.82, 2.24) is 10.5 Å². The third kappa shape index (κ3) is 3.84. The van der Waals surface area contributed by atoms with Gasteiger partial charge in [0.1, 0.15) is 11.4 Å². The van der Waals surface area contributed by atoms with Crippen LogP contribution in [0.3, 0.4) is 0 Å². The van der Waals surface area contributed by atoms with Crippen molar-refractivity contribution in [3.8, 4) is 0 Å². The largest absolute Gasteiger partial charge is 0.378 e. The van der Waals surface area contributed by atoms with Crippen LogP contribution in [0.4, 0.5) is 0 Å². The number of thiophene rings is 2. The van der Waals surface area contributed by atoms with Crippen LogP contribution in [0.5, 0.6) is 0 Å². The van der Waals surface area contributed by atoms with E-state index in [9.17, 15) is 9.90 Å². The first-order chi connectivity index (χ1) is 12.0. The molecule has 3 rings (SSSR count). The predicted molar refractivity (Wildman–Crippen MR) is 98.9 cm³/mol. The number of aliphatic hydroxyl groups is 1. The van der Waals surface area contributed by atoms with E-state index in [1.54, 1.807) is 0 Å². The monoisotopic (exact) mass is 376 g/mol. The summed E-state index contributed by atoms with van der Waals surface area (Å²) in [7, 11) is 0. The van der Waals surface area contributed by atoms with Gasteiger partial charge in [-0.15, -0.1) is 11.3 Å². The number of amides is 1. The molecule has 25 heavy (non-hydrogen) atoms. The second-order valence-corrected chi connectivity index (χ2v) is 7.66. The smallest absolute Gasteiger partial charge is 0.220 e. The molecule has 0 saturated carbocycles. The van der Waals surface area contributed by atoms with Crippen molar-refractivity contribution in [2.75, 3.05) is 6.54 Å². The lowest BCUT2D eigenvalue weighted by Gasteiger charge is -2.27. The van der Waals surface area contributed by atoms with Crippen LogP contribution in [0.2, 0.25) is 0 Å². The summed E-state index contributed by atoms with van der Waals surface area (Å²) in [6, 6.07) is 5.68. The number of hydrogen-bond donors (Lipinski definition) is 2. The minimum atomic E-state index is -1.20. The van der Waals surface area contributed by atoms with Crippen LogP contribution in [-0.4, -0.2) is 22.7 Å². The van der Waals surface area contributed by atoms with Gasteiger partial charge in [-0.05, 0) is 48.5 Å². The molecule has 0 aromatic carbocycles. The van der Waals surface area contributed by atoms with Gasteiger partial charge >= 0.3 is 0 Å². The molecule has 3 aromatic rings. The molecule has 0 aliphatic carbocycles. The molecule has 0 aliphatic rings. The fraction of sp³-hybridized carbons (Fsp3) is 0.333. The molecule has 0 fully saturated rings. The molecule has 3 aromatic heterocycles.